The Labute approximate surface area is 157 Å². The highest BCUT2D eigenvalue weighted by Gasteiger charge is 2.13. The van der Waals surface area contributed by atoms with E-state index >= 15 is 0 Å². The van der Waals surface area contributed by atoms with Crippen molar-refractivity contribution in [1.29, 1.82) is 0 Å². The lowest BCUT2D eigenvalue weighted by molar-refractivity contribution is 0.607. The Balaban J connectivity index is 1.48. The molecular formula is C22H25NS2. The number of hydrogen-bond donors (Lipinski definition) is 0. The smallest absolute Gasteiger partial charge is 0.0704 e. The van der Waals surface area contributed by atoms with Gasteiger partial charge in [-0.3, -0.25) is 0 Å². The average Bonchev–Trinajstić information content (AvgIpc) is 3.32. The first-order valence-corrected chi connectivity index (χ1v) is 11.2. The molecule has 0 saturated carbocycles. The molecule has 0 radical (unpaired) electrons. The Bertz CT molecular complexity index is 892. The standard InChI is InChI=1S/C22H25NS2/c1-2-3-4-5-6-7-8-17-9-11-18(12-10-17)23-19-13-15-24-21(19)22-20(23)14-16-25-22/h9-16H,2-8H2,1H3. The highest BCUT2D eigenvalue weighted by atomic mass is 32.1. The third kappa shape index (κ3) is 3.40. The highest BCUT2D eigenvalue weighted by Crippen LogP contribution is 2.38. The van der Waals surface area contributed by atoms with Crippen LogP contribution in [0, 0.1) is 0 Å². The lowest BCUT2D eigenvalue weighted by Crippen LogP contribution is -1.93. The van der Waals surface area contributed by atoms with Crippen molar-refractivity contribution in [2.45, 2.75) is 51.9 Å². The molecule has 3 heterocycles. The van der Waals surface area contributed by atoms with Crippen LogP contribution in [0.4, 0.5) is 0 Å². The van der Waals surface area contributed by atoms with E-state index < -0.39 is 0 Å². The third-order valence-corrected chi connectivity index (χ3v) is 6.96. The van der Waals surface area contributed by atoms with Crippen LogP contribution in [0.15, 0.2) is 47.2 Å². The van der Waals surface area contributed by atoms with Crippen LogP contribution in [0.3, 0.4) is 0 Å². The molecular weight excluding hydrogens is 342 g/mol. The van der Waals surface area contributed by atoms with Crippen LogP contribution in [0.25, 0.3) is 26.1 Å². The van der Waals surface area contributed by atoms with Gasteiger partial charge in [0.15, 0.2) is 0 Å². The van der Waals surface area contributed by atoms with Crippen molar-refractivity contribution in [2.75, 3.05) is 0 Å². The molecule has 25 heavy (non-hydrogen) atoms. The van der Waals surface area contributed by atoms with Crippen LogP contribution < -0.4 is 0 Å². The molecule has 0 N–H and O–H groups in total. The topological polar surface area (TPSA) is 4.93 Å². The third-order valence-electron chi connectivity index (χ3n) is 4.99. The summed E-state index contributed by atoms with van der Waals surface area (Å²) in [7, 11) is 0. The minimum atomic E-state index is 1.21. The van der Waals surface area contributed by atoms with Gasteiger partial charge in [0.25, 0.3) is 0 Å². The summed E-state index contributed by atoms with van der Waals surface area (Å²) in [6.07, 6.45) is 9.40. The molecule has 0 fully saturated rings. The van der Waals surface area contributed by atoms with E-state index in [4.69, 9.17) is 0 Å². The van der Waals surface area contributed by atoms with Crippen LogP contribution >= 0.6 is 22.7 Å². The van der Waals surface area contributed by atoms with Crippen molar-refractivity contribution < 1.29 is 0 Å². The summed E-state index contributed by atoms with van der Waals surface area (Å²) in [6.45, 7) is 2.28. The number of rotatable bonds is 8. The van der Waals surface area contributed by atoms with Gasteiger partial charge >= 0.3 is 0 Å². The van der Waals surface area contributed by atoms with E-state index in [2.05, 4.69) is 58.6 Å². The molecule has 0 bridgehead atoms. The molecule has 0 aliphatic carbocycles. The molecule has 0 aliphatic heterocycles. The number of aryl methyl sites for hydroxylation is 1. The zero-order valence-corrected chi connectivity index (χ0v) is 16.5. The van der Waals surface area contributed by atoms with Crippen molar-refractivity contribution in [3.63, 3.8) is 0 Å². The van der Waals surface area contributed by atoms with Gasteiger partial charge < -0.3 is 4.57 Å². The molecule has 1 nitrogen and oxygen atoms in total. The van der Waals surface area contributed by atoms with Gasteiger partial charge in [0.05, 0.1) is 20.4 Å². The van der Waals surface area contributed by atoms with Crippen LogP contribution in [0.5, 0.6) is 0 Å². The molecule has 0 saturated heterocycles. The second-order valence-corrected chi connectivity index (χ2v) is 8.62. The van der Waals surface area contributed by atoms with E-state index in [-0.39, 0.29) is 0 Å². The Morgan fingerprint density at radius 3 is 1.96 bits per heavy atom. The highest BCUT2D eigenvalue weighted by molar-refractivity contribution is 7.25. The summed E-state index contributed by atoms with van der Waals surface area (Å²) in [4.78, 5) is 0. The lowest BCUT2D eigenvalue weighted by atomic mass is 10.0. The van der Waals surface area contributed by atoms with E-state index in [1.165, 1.54) is 76.6 Å². The molecule has 0 unspecified atom stereocenters. The van der Waals surface area contributed by atoms with Crippen molar-refractivity contribution in [3.05, 3.63) is 52.7 Å². The Morgan fingerprint density at radius 2 is 1.32 bits per heavy atom. The molecule has 0 atom stereocenters. The minimum Gasteiger partial charge on any atom is -0.307 e. The monoisotopic (exact) mass is 367 g/mol. The zero-order chi connectivity index (χ0) is 17.1. The van der Waals surface area contributed by atoms with Crippen molar-refractivity contribution in [3.8, 4) is 5.69 Å². The normalized spacial score (nSPS) is 11.7. The molecule has 0 spiro atoms. The Hall–Kier alpha value is -1.58. The maximum atomic E-state index is 2.41. The number of nitrogens with zero attached hydrogens (tertiary/aromatic N) is 1. The van der Waals surface area contributed by atoms with Crippen molar-refractivity contribution in [2.24, 2.45) is 0 Å². The first-order chi connectivity index (χ1) is 12.4. The molecule has 1 aromatic carbocycles. The number of aromatic nitrogens is 1. The summed E-state index contributed by atoms with van der Waals surface area (Å²) in [5.74, 6) is 0. The SMILES string of the molecule is CCCCCCCCc1ccc(-n2c3ccsc3c3sccc32)cc1. The molecule has 3 heteroatoms. The number of fused-ring (bicyclic) bond motifs is 3. The predicted molar refractivity (Wildman–Crippen MR) is 114 cm³/mol. The van der Waals surface area contributed by atoms with Crippen LogP contribution in [-0.4, -0.2) is 4.57 Å². The number of thiophene rings is 2. The van der Waals surface area contributed by atoms with Crippen LogP contribution in [-0.2, 0) is 6.42 Å². The van der Waals surface area contributed by atoms with Gasteiger partial charge in [-0.25, -0.2) is 0 Å². The Morgan fingerprint density at radius 1 is 0.720 bits per heavy atom. The van der Waals surface area contributed by atoms with Gasteiger partial charge in [0.2, 0.25) is 0 Å². The fraction of sp³-hybridized carbons (Fsp3) is 0.364. The number of benzene rings is 1. The van der Waals surface area contributed by atoms with Crippen LogP contribution in [0.1, 0.15) is 51.0 Å². The second-order valence-electron chi connectivity index (χ2n) is 6.79. The van der Waals surface area contributed by atoms with E-state index in [1.807, 2.05) is 22.7 Å². The first-order valence-electron chi connectivity index (χ1n) is 9.43. The quantitative estimate of drug-likeness (QED) is 0.280. The largest absolute Gasteiger partial charge is 0.307 e. The first kappa shape index (κ1) is 16.9. The fourth-order valence-electron chi connectivity index (χ4n) is 3.63. The fourth-order valence-corrected chi connectivity index (χ4v) is 5.56. The Kier molecular flexibility index (Phi) is 5.23. The molecule has 0 aliphatic rings. The summed E-state index contributed by atoms with van der Waals surface area (Å²) in [5.41, 5.74) is 5.43. The van der Waals surface area contributed by atoms with Gasteiger partial charge in [-0.05, 0) is 53.4 Å². The summed E-state index contributed by atoms with van der Waals surface area (Å²) in [5, 5.41) is 4.40. The van der Waals surface area contributed by atoms with Gasteiger partial charge in [0, 0.05) is 5.69 Å². The lowest BCUT2D eigenvalue weighted by Gasteiger charge is -2.08. The minimum absolute atomic E-state index is 1.21. The van der Waals surface area contributed by atoms with E-state index in [1.54, 1.807) is 0 Å². The van der Waals surface area contributed by atoms with Gasteiger partial charge in [-0.15, -0.1) is 22.7 Å². The van der Waals surface area contributed by atoms with Gasteiger partial charge in [0.1, 0.15) is 0 Å². The molecule has 0 amide bonds. The number of unbranched alkanes of at least 4 members (excludes halogenated alkanes) is 5. The zero-order valence-electron chi connectivity index (χ0n) is 14.8. The van der Waals surface area contributed by atoms with Gasteiger partial charge in [-0.1, -0.05) is 51.2 Å². The predicted octanol–water partition coefficient (Wildman–Crippen LogP) is 7.81. The average molecular weight is 368 g/mol. The molecule has 130 valence electrons. The van der Waals surface area contributed by atoms with Crippen molar-refractivity contribution >= 4 is 43.1 Å². The summed E-state index contributed by atoms with van der Waals surface area (Å²) >= 11 is 3.70. The maximum absolute atomic E-state index is 2.41. The summed E-state index contributed by atoms with van der Waals surface area (Å²) < 4.78 is 5.24. The van der Waals surface area contributed by atoms with Crippen molar-refractivity contribution in [1.82, 2.24) is 4.57 Å². The van der Waals surface area contributed by atoms with E-state index in [9.17, 15) is 0 Å². The maximum Gasteiger partial charge on any atom is 0.0704 e. The summed E-state index contributed by atoms with van der Waals surface area (Å²) in [6, 6.07) is 13.7. The van der Waals surface area contributed by atoms with E-state index in [0.29, 0.717) is 0 Å². The molecule has 4 rings (SSSR count). The van der Waals surface area contributed by atoms with Crippen LogP contribution in [0.2, 0.25) is 0 Å². The molecule has 3 aromatic heterocycles. The van der Waals surface area contributed by atoms with E-state index in [0.717, 1.165) is 0 Å². The number of hydrogen-bond acceptors (Lipinski definition) is 2. The molecule has 4 aromatic rings. The van der Waals surface area contributed by atoms with Gasteiger partial charge in [-0.2, -0.15) is 0 Å². The second kappa shape index (κ2) is 7.76.